The van der Waals surface area contributed by atoms with Crippen molar-refractivity contribution in [1.82, 2.24) is 15.1 Å². The molecule has 4 heteroatoms. The van der Waals surface area contributed by atoms with E-state index in [9.17, 15) is 0 Å². The molecule has 2 unspecified atom stereocenters. The van der Waals surface area contributed by atoms with Gasteiger partial charge in [-0.3, -0.25) is 0 Å². The third-order valence-electron chi connectivity index (χ3n) is 4.21. The molecule has 0 bridgehead atoms. The highest BCUT2D eigenvalue weighted by atomic mass is 32.1. The zero-order valence-corrected chi connectivity index (χ0v) is 13.5. The minimum absolute atomic E-state index is 0.496. The van der Waals surface area contributed by atoms with Crippen LogP contribution in [0.4, 0.5) is 0 Å². The summed E-state index contributed by atoms with van der Waals surface area (Å²) in [6.45, 7) is 9.03. The first-order valence-corrected chi connectivity index (χ1v) is 8.16. The van der Waals surface area contributed by atoms with Crippen LogP contribution in [-0.4, -0.2) is 56.1 Å². The van der Waals surface area contributed by atoms with E-state index < -0.39 is 0 Å². The highest BCUT2D eigenvalue weighted by Gasteiger charge is 2.26. The van der Waals surface area contributed by atoms with E-state index in [2.05, 4.69) is 54.5 Å². The second-order valence-corrected chi connectivity index (χ2v) is 6.80. The average Bonchev–Trinajstić information content (AvgIpc) is 2.79. The molecular weight excluding hydrogens is 254 g/mol. The van der Waals surface area contributed by atoms with Crippen LogP contribution in [0, 0.1) is 6.92 Å². The van der Waals surface area contributed by atoms with Gasteiger partial charge in [0.25, 0.3) is 0 Å². The molecule has 0 spiro atoms. The van der Waals surface area contributed by atoms with Crippen LogP contribution in [-0.2, 0) is 0 Å². The highest BCUT2D eigenvalue weighted by molar-refractivity contribution is 7.10. The molecule has 1 aliphatic heterocycles. The lowest BCUT2D eigenvalue weighted by Gasteiger charge is -2.39. The summed E-state index contributed by atoms with van der Waals surface area (Å²) in [4.78, 5) is 6.43. The van der Waals surface area contributed by atoms with Crippen LogP contribution in [0.1, 0.15) is 29.8 Å². The van der Waals surface area contributed by atoms with Crippen molar-refractivity contribution in [3.8, 4) is 0 Å². The van der Waals surface area contributed by atoms with Crippen LogP contribution >= 0.6 is 11.3 Å². The van der Waals surface area contributed by atoms with Crippen molar-refractivity contribution < 1.29 is 0 Å². The SMILES string of the molecule is CCNC(CC1CN(C)CCN1C)c1ccsc1C. The van der Waals surface area contributed by atoms with Gasteiger partial charge in [0.05, 0.1) is 0 Å². The summed E-state index contributed by atoms with van der Waals surface area (Å²) in [5, 5.41) is 5.88. The van der Waals surface area contributed by atoms with Crippen LogP contribution in [0.15, 0.2) is 11.4 Å². The summed E-state index contributed by atoms with van der Waals surface area (Å²) in [5.74, 6) is 0. The predicted octanol–water partition coefficient (Wildman–Crippen LogP) is 2.34. The van der Waals surface area contributed by atoms with E-state index in [1.807, 2.05) is 11.3 Å². The average molecular weight is 281 g/mol. The molecule has 1 aromatic rings. The zero-order valence-electron chi connectivity index (χ0n) is 12.6. The molecule has 2 rings (SSSR count). The molecule has 1 N–H and O–H groups in total. The lowest BCUT2D eigenvalue weighted by molar-refractivity contribution is 0.101. The van der Waals surface area contributed by atoms with Crippen molar-refractivity contribution in [3.05, 3.63) is 21.9 Å². The van der Waals surface area contributed by atoms with Gasteiger partial charge in [-0.1, -0.05) is 6.92 Å². The van der Waals surface area contributed by atoms with E-state index in [4.69, 9.17) is 0 Å². The number of rotatable bonds is 5. The molecular formula is C15H27N3S. The van der Waals surface area contributed by atoms with Crippen molar-refractivity contribution in [2.24, 2.45) is 0 Å². The fourth-order valence-electron chi connectivity index (χ4n) is 2.95. The maximum absolute atomic E-state index is 3.67. The summed E-state index contributed by atoms with van der Waals surface area (Å²) in [6.07, 6.45) is 1.20. The topological polar surface area (TPSA) is 18.5 Å². The minimum atomic E-state index is 0.496. The van der Waals surface area contributed by atoms with Crippen LogP contribution < -0.4 is 5.32 Å². The zero-order chi connectivity index (χ0) is 13.8. The Morgan fingerprint density at radius 1 is 1.42 bits per heavy atom. The maximum atomic E-state index is 3.67. The van der Waals surface area contributed by atoms with Gasteiger partial charge < -0.3 is 15.1 Å². The predicted molar refractivity (Wildman–Crippen MR) is 84.0 cm³/mol. The molecule has 1 saturated heterocycles. The molecule has 2 heterocycles. The summed E-state index contributed by atoms with van der Waals surface area (Å²) in [5.41, 5.74) is 1.49. The Bertz CT molecular complexity index is 390. The van der Waals surface area contributed by atoms with Crippen molar-refractivity contribution in [1.29, 1.82) is 0 Å². The van der Waals surface area contributed by atoms with E-state index >= 15 is 0 Å². The second kappa shape index (κ2) is 6.84. The Labute approximate surface area is 121 Å². The van der Waals surface area contributed by atoms with Gasteiger partial charge in [0.15, 0.2) is 0 Å². The number of hydrogen-bond acceptors (Lipinski definition) is 4. The summed E-state index contributed by atoms with van der Waals surface area (Å²) in [7, 11) is 4.50. The monoisotopic (exact) mass is 281 g/mol. The molecule has 1 fully saturated rings. The van der Waals surface area contributed by atoms with Gasteiger partial charge in [0.1, 0.15) is 0 Å². The molecule has 3 nitrogen and oxygen atoms in total. The number of hydrogen-bond donors (Lipinski definition) is 1. The van der Waals surface area contributed by atoms with Crippen molar-refractivity contribution in [2.75, 3.05) is 40.3 Å². The fourth-order valence-corrected chi connectivity index (χ4v) is 3.72. The molecule has 2 atom stereocenters. The molecule has 0 amide bonds. The standard InChI is InChI=1S/C15H27N3S/c1-5-16-15(14-6-9-19-12(14)2)10-13-11-17(3)7-8-18(13)4/h6,9,13,15-16H,5,7-8,10-11H2,1-4H3. The number of aryl methyl sites for hydroxylation is 1. The Morgan fingerprint density at radius 3 is 2.84 bits per heavy atom. The third kappa shape index (κ3) is 3.78. The van der Waals surface area contributed by atoms with Crippen LogP contribution in [0.25, 0.3) is 0 Å². The van der Waals surface area contributed by atoms with Gasteiger partial charge in [0.2, 0.25) is 0 Å². The van der Waals surface area contributed by atoms with Gasteiger partial charge in [-0.2, -0.15) is 0 Å². The van der Waals surface area contributed by atoms with Crippen molar-refractivity contribution >= 4 is 11.3 Å². The molecule has 19 heavy (non-hydrogen) atoms. The smallest absolute Gasteiger partial charge is 0.0346 e. The first-order valence-electron chi connectivity index (χ1n) is 7.28. The second-order valence-electron chi connectivity index (χ2n) is 5.67. The molecule has 1 aromatic heterocycles. The molecule has 1 aliphatic rings. The molecule has 108 valence electrons. The quantitative estimate of drug-likeness (QED) is 0.894. The Kier molecular flexibility index (Phi) is 5.39. The lowest BCUT2D eigenvalue weighted by atomic mass is 9.97. The van der Waals surface area contributed by atoms with E-state index in [0.717, 1.165) is 6.54 Å². The molecule has 0 aromatic carbocycles. The first kappa shape index (κ1) is 15.0. The lowest BCUT2D eigenvalue weighted by Crippen LogP contribution is -2.51. The van der Waals surface area contributed by atoms with E-state index in [-0.39, 0.29) is 0 Å². The van der Waals surface area contributed by atoms with Gasteiger partial charge in [-0.05, 0) is 51.0 Å². The number of thiophene rings is 1. The summed E-state index contributed by atoms with van der Waals surface area (Å²) >= 11 is 1.86. The number of nitrogens with one attached hydrogen (secondary N) is 1. The Hall–Kier alpha value is -0.420. The van der Waals surface area contributed by atoms with Gasteiger partial charge in [-0.25, -0.2) is 0 Å². The summed E-state index contributed by atoms with van der Waals surface area (Å²) in [6, 6.07) is 3.44. The molecule has 0 radical (unpaired) electrons. The van der Waals surface area contributed by atoms with E-state index in [1.165, 1.54) is 36.5 Å². The van der Waals surface area contributed by atoms with Gasteiger partial charge in [-0.15, -0.1) is 11.3 Å². The number of likely N-dealkylation sites (N-methyl/N-ethyl adjacent to an activating group) is 2. The largest absolute Gasteiger partial charge is 0.310 e. The van der Waals surface area contributed by atoms with Crippen molar-refractivity contribution in [3.63, 3.8) is 0 Å². The molecule has 0 aliphatic carbocycles. The molecule has 0 saturated carbocycles. The van der Waals surface area contributed by atoms with Crippen LogP contribution in [0.3, 0.4) is 0 Å². The minimum Gasteiger partial charge on any atom is -0.310 e. The Balaban J connectivity index is 2.06. The highest BCUT2D eigenvalue weighted by Crippen LogP contribution is 2.27. The Morgan fingerprint density at radius 2 is 2.21 bits per heavy atom. The van der Waals surface area contributed by atoms with Crippen LogP contribution in [0.5, 0.6) is 0 Å². The van der Waals surface area contributed by atoms with Crippen molar-refractivity contribution in [2.45, 2.75) is 32.4 Å². The van der Waals surface area contributed by atoms with Gasteiger partial charge >= 0.3 is 0 Å². The fraction of sp³-hybridized carbons (Fsp3) is 0.733. The number of piperazine rings is 1. The number of nitrogens with zero attached hydrogens (tertiary/aromatic N) is 2. The van der Waals surface area contributed by atoms with Crippen LogP contribution in [0.2, 0.25) is 0 Å². The maximum Gasteiger partial charge on any atom is 0.0346 e. The van der Waals surface area contributed by atoms with Gasteiger partial charge in [0, 0.05) is 36.6 Å². The normalized spacial score (nSPS) is 23.7. The summed E-state index contributed by atoms with van der Waals surface area (Å²) < 4.78 is 0. The third-order valence-corrected chi connectivity index (χ3v) is 5.07. The van der Waals surface area contributed by atoms with E-state index in [1.54, 1.807) is 0 Å². The first-order chi connectivity index (χ1) is 9.11. The van der Waals surface area contributed by atoms with E-state index in [0.29, 0.717) is 12.1 Å².